The SMILES string of the molecule is CCCOc1ccc(C2c3c(-c4ccccc4)n[nH]c3C(=O)N2C2CCCCC2)cc1OC. The summed E-state index contributed by atoms with van der Waals surface area (Å²) in [5.41, 5.74) is 4.43. The molecule has 1 fully saturated rings. The van der Waals surface area contributed by atoms with Gasteiger partial charge in [-0.25, -0.2) is 0 Å². The number of methoxy groups -OCH3 is 1. The van der Waals surface area contributed by atoms with Crippen molar-refractivity contribution in [2.24, 2.45) is 0 Å². The number of carbonyl (C=O) groups is 1. The number of fused-ring (bicyclic) bond motifs is 1. The summed E-state index contributed by atoms with van der Waals surface area (Å²) in [5.74, 6) is 1.46. The highest BCUT2D eigenvalue weighted by molar-refractivity contribution is 6.00. The maximum Gasteiger partial charge on any atom is 0.273 e. The first-order valence-corrected chi connectivity index (χ1v) is 12.0. The van der Waals surface area contributed by atoms with Crippen LogP contribution in [0.25, 0.3) is 11.3 Å². The van der Waals surface area contributed by atoms with Crippen LogP contribution in [0.4, 0.5) is 0 Å². The summed E-state index contributed by atoms with van der Waals surface area (Å²) < 4.78 is 11.6. The maximum absolute atomic E-state index is 13.7. The molecular weight excluding hydrogens is 414 g/mol. The molecule has 0 radical (unpaired) electrons. The minimum absolute atomic E-state index is 0.0434. The molecule has 2 heterocycles. The summed E-state index contributed by atoms with van der Waals surface area (Å²) in [6, 6.07) is 16.2. The Morgan fingerprint density at radius 3 is 2.58 bits per heavy atom. The molecule has 1 N–H and O–H groups in total. The Morgan fingerprint density at radius 2 is 1.85 bits per heavy atom. The standard InChI is InChI=1S/C27H31N3O3/c1-3-16-33-21-15-14-19(17-22(21)32-2)26-23-24(18-10-6-4-7-11-18)28-29-25(23)27(31)30(26)20-12-8-5-9-13-20/h4,6-7,10-11,14-15,17,20,26H,3,5,8-9,12-13,16H2,1-2H3,(H,28,29). The second-order valence-electron chi connectivity index (χ2n) is 8.89. The Bertz CT molecular complexity index is 1120. The van der Waals surface area contributed by atoms with Gasteiger partial charge in [-0.2, -0.15) is 5.10 Å². The number of aromatic nitrogens is 2. The number of aromatic amines is 1. The van der Waals surface area contributed by atoms with E-state index in [-0.39, 0.29) is 18.0 Å². The van der Waals surface area contributed by atoms with E-state index < -0.39 is 0 Å². The van der Waals surface area contributed by atoms with Gasteiger partial charge < -0.3 is 14.4 Å². The molecule has 6 nitrogen and oxygen atoms in total. The van der Waals surface area contributed by atoms with E-state index >= 15 is 0 Å². The monoisotopic (exact) mass is 445 g/mol. The third-order valence-electron chi connectivity index (χ3n) is 6.78. The maximum atomic E-state index is 13.7. The van der Waals surface area contributed by atoms with Gasteiger partial charge in [0.05, 0.1) is 25.5 Å². The fourth-order valence-corrected chi connectivity index (χ4v) is 5.23. The molecule has 2 aromatic carbocycles. The van der Waals surface area contributed by atoms with Gasteiger partial charge in [0.15, 0.2) is 11.5 Å². The Balaban J connectivity index is 1.63. The number of hydrogen-bond donors (Lipinski definition) is 1. The van der Waals surface area contributed by atoms with Gasteiger partial charge in [-0.3, -0.25) is 9.89 Å². The van der Waals surface area contributed by atoms with Gasteiger partial charge in [-0.05, 0) is 37.0 Å². The topological polar surface area (TPSA) is 67.5 Å². The molecule has 1 aliphatic heterocycles. The highest BCUT2D eigenvalue weighted by Crippen LogP contribution is 2.47. The highest BCUT2D eigenvalue weighted by Gasteiger charge is 2.45. The molecule has 0 spiro atoms. The first-order valence-electron chi connectivity index (χ1n) is 12.0. The molecule has 1 saturated carbocycles. The normalized spacial score (nSPS) is 18.4. The van der Waals surface area contributed by atoms with E-state index in [9.17, 15) is 4.79 Å². The predicted octanol–water partition coefficient (Wildman–Crippen LogP) is 5.75. The predicted molar refractivity (Wildman–Crippen MR) is 128 cm³/mol. The Labute approximate surface area is 194 Å². The number of H-pyrrole nitrogens is 1. The van der Waals surface area contributed by atoms with Crippen molar-refractivity contribution in [3.63, 3.8) is 0 Å². The van der Waals surface area contributed by atoms with E-state index in [0.29, 0.717) is 18.1 Å². The molecule has 3 aromatic rings. The first kappa shape index (κ1) is 21.6. The second kappa shape index (κ2) is 9.30. The van der Waals surface area contributed by atoms with Crippen LogP contribution in [0.2, 0.25) is 0 Å². The van der Waals surface area contributed by atoms with Crippen LogP contribution in [-0.2, 0) is 0 Å². The minimum atomic E-state index is -0.210. The van der Waals surface area contributed by atoms with Crippen molar-refractivity contribution in [3.8, 4) is 22.8 Å². The number of benzene rings is 2. The zero-order valence-corrected chi connectivity index (χ0v) is 19.3. The molecule has 1 atom stereocenters. The van der Waals surface area contributed by atoms with Gasteiger partial charge in [-0.1, -0.05) is 62.6 Å². The third-order valence-corrected chi connectivity index (χ3v) is 6.78. The van der Waals surface area contributed by atoms with E-state index in [1.165, 1.54) is 6.42 Å². The molecule has 0 bridgehead atoms. The van der Waals surface area contributed by atoms with Crippen molar-refractivity contribution in [1.82, 2.24) is 15.1 Å². The average Bonchev–Trinajstić information content (AvgIpc) is 3.42. The van der Waals surface area contributed by atoms with Crippen molar-refractivity contribution in [2.75, 3.05) is 13.7 Å². The number of nitrogens with zero attached hydrogens (tertiary/aromatic N) is 2. The van der Waals surface area contributed by atoms with Gasteiger partial charge in [0.2, 0.25) is 0 Å². The zero-order chi connectivity index (χ0) is 22.8. The molecule has 2 aliphatic rings. The summed E-state index contributed by atoms with van der Waals surface area (Å²) >= 11 is 0. The first-order chi connectivity index (χ1) is 16.2. The van der Waals surface area contributed by atoms with Crippen LogP contribution in [0, 0.1) is 0 Å². The molecule has 1 aliphatic carbocycles. The molecule has 1 amide bonds. The third kappa shape index (κ3) is 3.88. The number of hydrogen-bond acceptors (Lipinski definition) is 4. The van der Waals surface area contributed by atoms with E-state index in [1.807, 2.05) is 42.5 Å². The van der Waals surface area contributed by atoms with Crippen molar-refractivity contribution in [2.45, 2.75) is 57.5 Å². The summed E-state index contributed by atoms with van der Waals surface area (Å²) in [6.07, 6.45) is 6.56. The molecule has 1 aromatic heterocycles. The molecule has 5 rings (SSSR count). The lowest BCUT2D eigenvalue weighted by Crippen LogP contribution is -2.40. The fraction of sp³-hybridized carbons (Fsp3) is 0.407. The molecular formula is C27H31N3O3. The molecule has 33 heavy (non-hydrogen) atoms. The van der Waals surface area contributed by atoms with Crippen molar-refractivity contribution >= 4 is 5.91 Å². The van der Waals surface area contributed by atoms with Crippen LogP contribution in [-0.4, -0.2) is 40.8 Å². The van der Waals surface area contributed by atoms with Gasteiger partial charge in [-0.15, -0.1) is 0 Å². The summed E-state index contributed by atoms with van der Waals surface area (Å²) in [4.78, 5) is 15.8. The smallest absolute Gasteiger partial charge is 0.273 e. The molecule has 1 unspecified atom stereocenters. The summed E-state index contributed by atoms with van der Waals surface area (Å²) in [6.45, 7) is 2.72. The highest BCUT2D eigenvalue weighted by atomic mass is 16.5. The zero-order valence-electron chi connectivity index (χ0n) is 19.3. The Hall–Kier alpha value is -3.28. The van der Waals surface area contributed by atoms with Crippen LogP contribution in [0.5, 0.6) is 11.5 Å². The van der Waals surface area contributed by atoms with E-state index in [4.69, 9.17) is 9.47 Å². The lowest BCUT2D eigenvalue weighted by Gasteiger charge is -2.36. The van der Waals surface area contributed by atoms with Crippen LogP contribution < -0.4 is 9.47 Å². The quantitative estimate of drug-likeness (QED) is 0.503. The number of nitrogens with one attached hydrogen (secondary N) is 1. The van der Waals surface area contributed by atoms with Crippen molar-refractivity contribution < 1.29 is 14.3 Å². The number of rotatable bonds is 7. The number of ether oxygens (including phenoxy) is 2. The van der Waals surface area contributed by atoms with Crippen LogP contribution in [0.3, 0.4) is 0 Å². The van der Waals surface area contributed by atoms with Crippen LogP contribution in [0.1, 0.15) is 73.1 Å². The van der Waals surface area contributed by atoms with Crippen LogP contribution in [0.15, 0.2) is 48.5 Å². The van der Waals surface area contributed by atoms with Gasteiger partial charge in [0.1, 0.15) is 5.69 Å². The molecule has 6 heteroatoms. The van der Waals surface area contributed by atoms with Gasteiger partial charge in [0, 0.05) is 17.2 Å². The van der Waals surface area contributed by atoms with Gasteiger partial charge in [0.25, 0.3) is 5.91 Å². The van der Waals surface area contributed by atoms with Crippen molar-refractivity contribution in [3.05, 3.63) is 65.4 Å². The average molecular weight is 446 g/mol. The van der Waals surface area contributed by atoms with Crippen molar-refractivity contribution in [1.29, 1.82) is 0 Å². The Kier molecular flexibility index (Phi) is 6.07. The molecule has 172 valence electrons. The summed E-state index contributed by atoms with van der Waals surface area (Å²) in [7, 11) is 1.66. The van der Waals surface area contributed by atoms with Gasteiger partial charge >= 0.3 is 0 Å². The van der Waals surface area contributed by atoms with E-state index in [1.54, 1.807) is 7.11 Å². The largest absolute Gasteiger partial charge is 0.493 e. The lowest BCUT2D eigenvalue weighted by molar-refractivity contribution is 0.0606. The van der Waals surface area contributed by atoms with Crippen LogP contribution >= 0.6 is 0 Å². The lowest BCUT2D eigenvalue weighted by atomic mass is 9.91. The summed E-state index contributed by atoms with van der Waals surface area (Å²) in [5, 5.41) is 7.66. The van der Waals surface area contributed by atoms with E-state index in [2.05, 4.69) is 28.1 Å². The molecule has 0 saturated heterocycles. The number of carbonyl (C=O) groups excluding carboxylic acids is 1. The fourth-order valence-electron chi connectivity index (χ4n) is 5.23. The minimum Gasteiger partial charge on any atom is -0.493 e. The number of amides is 1. The second-order valence-corrected chi connectivity index (χ2v) is 8.89. The Morgan fingerprint density at radius 1 is 1.06 bits per heavy atom. The van der Waals surface area contributed by atoms with E-state index in [0.717, 1.165) is 60.2 Å².